The summed E-state index contributed by atoms with van der Waals surface area (Å²) in [4.78, 5) is 24.2. The van der Waals surface area contributed by atoms with Crippen molar-refractivity contribution in [3.8, 4) is 0 Å². The molecule has 2 aromatic carbocycles. The van der Waals surface area contributed by atoms with E-state index in [4.69, 9.17) is 16.3 Å². The number of benzene rings is 2. The smallest absolute Gasteiger partial charge is 0.340 e. The molecule has 0 heterocycles. The minimum Gasteiger partial charge on any atom is -0.462 e. The quantitative estimate of drug-likeness (QED) is 0.575. The lowest BCUT2D eigenvalue weighted by Gasteiger charge is -2.11. The van der Waals surface area contributed by atoms with Crippen LogP contribution in [0, 0.1) is 0 Å². The van der Waals surface area contributed by atoms with Crippen molar-refractivity contribution in [1.82, 2.24) is 0 Å². The fourth-order valence-electron chi connectivity index (χ4n) is 1.97. The van der Waals surface area contributed by atoms with Gasteiger partial charge in [0.25, 0.3) is 0 Å². The number of carbonyl (C=O) groups is 2. The van der Waals surface area contributed by atoms with Crippen molar-refractivity contribution in [2.75, 3.05) is 17.2 Å². The Balaban J connectivity index is 2.02. The molecule has 0 atom stereocenters. The van der Waals surface area contributed by atoms with Gasteiger partial charge in [0.1, 0.15) is 0 Å². The molecule has 0 aliphatic carbocycles. The van der Waals surface area contributed by atoms with Gasteiger partial charge in [-0.1, -0.05) is 37.1 Å². The van der Waals surface area contributed by atoms with Crippen LogP contribution in [0.3, 0.4) is 0 Å². The van der Waals surface area contributed by atoms with E-state index in [1.807, 2.05) is 6.92 Å². The van der Waals surface area contributed by atoms with E-state index in [2.05, 4.69) is 10.6 Å². The minimum atomic E-state index is -0.453. The van der Waals surface area contributed by atoms with Gasteiger partial charge in [0, 0.05) is 10.7 Å². The number of para-hydroxylation sites is 1. The average Bonchev–Trinajstić information content (AvgIpc) is 2.57. The maximum absolute atomic E-state index is 12.1. The van der Waals surface area contributed by atoms with Crippen LogP contribution in [-0.4, -0.2) is 18.6 Å². The van der Waals surface area contributed by atoms with Gasteiger partial charge in [-0.15, -0.1) is 0 Å². The summed E-state index contributed by atoms with van der Waals surface area (Å²) in [6, 6.07) is 13.0. The minimum absolute atomic E-state index is 0.319. The van der Waals surface area contributed by atoms with E-state index < -0.39 is 12.0 Å². The van der Waals surface area contributed by atoms with Gasteiger partial charge in [0.15, 0.2) is 0 Å². The van der Waals surface area contributed by atoms with E-state index in [1.165, 1.54) is 0 Å². The largest absolute Gasteiger partial charge is 0.462 e. The van der Waals surface area contributed by atoms with Crippen molar-refractivity contribution in [2.24, 2.45) is 0 Å². The predicted molar refractivity (Wildman–Crippen MR) is 95.7 cm³/mol. The number of halogens is 1. The molecule has 0 bridgehead atoms. The second-order valence-corrected chi connectivity index (χ2v) is 5.56. The highest BCUT2D eigenvalue weighted by molar-refractivity contribution is 6.30. The number of amides is 2. The normalized spacial score (nSPS) is 10.1. The van der Waals surface area contributed by atoms with Crippen LogP contribution in [0.4, 0.5) is 16.2 Å². The van der Waals surface area contributed by atoms with E-state index in [0.29, 0.717) is 28.6 Å². The first-order chi connectivity index (χ1) is 11.6. The zero-order chi connectivity index (χ0) is 17.4. The van der Waals surface area contributed by atoms with Crippen LogP contribution in [-0.2, 0) is 4.74 Å². The first-order valence-electron chi connectivity index (χ1n) is 7.70. The van der Waals surface area contributed by atoms with Gasteiger partial charge < -0.3 is 15.4 Å². The highest BCUT2D eigenvalue weighted by Gasteiger charge is 2.14. The van der Waals surface area contributed by atoms with Gasteiger partial charge in [-0.05, 0) is 42.8 Å². The van der Waals surface area contributed by atoms with Crippen molar-refractivity contribution in [3.05, 3.63) is 59.1 Å². The topological polar surface area (TPSA) is 67.4 Å². The van der Waals surface area contributed by atoms with Gasteiger partial charge in [0.2, 0.25) is 0 Å². The summed E-state index contributed by atoms with van der Waals surface area (Å²) in [6.45, 7) is 2.38. The van der Waals surface area contributed by atoms with E-state index in [-0.39, 0.29) is 0 Å². The standard InChI is InChI=1S/C18H19ClN2O3/c1-2-3-12-24-17(22)15-6-4-5-7-16(15)21-18(23)20-14-10-8-13(19)9-11-14/h4-11H,2-3,12H2,1H3,(H2,20,21,23). The third kappa shape index (κ3) is 5.28. The third-order valence-corrected chi connectivity index (χ3v) is 3.48. The van der Waals surface area contributed by atoms with Crippen LogP contribution < -0.4 is 10.6 Å². The molecule has 0 radical (unpaired) electrons. The number of hydrogen-bond acceptors (Lipinski definition) is 3. The van der Waals surface area contributed by atoms with Crippen LogP contribution in [0.15, 0.2) is 48.5 Å². The molecule has 2 amide bonds. The highest BCUT2D eigenvalue weighted by atomic mass is 35.5. The summed E-state index contributed by atoms with van der Waals surface area (Å²) >= 11 is 5.81. The lowest BCUT2D eigenvalue weighted by atomic mass is 10.2. The lowest BCUT2D eigenvalue weighted by Crippen LogP contribution is -2.21. The SMILES string of the molecule is CCCCOC(=O)c1ccccc1NC(=O)Nc1ccc(Cl)cc1. The molecule has 0 aromatic heterocycles. The fourth-order valence-corrected chi connectivity index (χ4v) is 2.10. The monoisotopic (exact) mass is 346 g/mol. The Hall–Kier alpha value is -2.53. The number of nitrogens with one attached hydrogen (secondary N) is 2. The van der Waals surface area contributed by atoms with Gasteiger partial charge in [-0.2, -0.15) is 0 Å². The Morgan fingerprint density at radius 3 is 2.46 bits per heavy atom. The van der Waals surface area contributed by atoms with Gasteiger partial charge in [-0.25, -0.2) is 9.59 Å². The van der Waals surface area contributed by atoms with Gasteiger partial charge >= 0.3 is 12.0 Å². The Bertz CT molecular complexity index is 702. The molecule has 2 N–H and O–H groups in total. The first-order valence-corrected chi connectivity index (χ1v) is 8.07. The van der Waals surface area contributed by atoms with Crippen molar-refractivity contribution >= 4 is 35.0 Å². The molecule has 2 aromatic rings. The van der Waals surface area contributed by atoms with Crippen LogP contribution in [0.5, 0.6) is 0 Å². The molecule has 2 rings (SSSR count). The number of urea groups is 1. The number of esters is 1. The Morgan fingerprint density at radius 2 is 1.75 bits per heavy atom. The van der Waals surface area contributed by atoms with Crippen molar-refractivity contribution in [2.45, 2.75) is 19.8 Å². The molecule has 0 fully saturated rings. The van der Waals surface area contributed by atoms with E-state index in [9.17, 15) is 9.59 Å². The van der Waals surface area contributed by atoms with Crippen LogP contribution >= 0.6 is 11.6 Å². The molecule has 5 nitrogen and oxygen atoms in total. The van der Waals surface area contributed by atoms with Crippen LogP contribution in [0.25, 0.3) is 0 Å². The Morgan fingerprint density at radius 1 is 1.04 bits per heavy atom. The third-order valence-electron chi connectivity index (χ3n) is 3.23. The average molecular weight is 347 g/mol. The number of anilines is 2. The molecule has 0 unspecified atom stereocenters. The Labute approximate surface area is 146 Å². The number of ether oxygens (including phenoxy) is 1. The number of unbranched alkanes of at least 4 members (excludes halogenated alkanes) is 1. The molecule has 0 saturated heterocycles. The van der Waals surface area contributed by atoms with Crippen molar-refractivity contribution in [3.63, 3.8) is 0 Å². The number of hydrogen-bond donors (Lipinski definition) is 2. The molecule has 6 heteroatoms. The summed E-state index contributed by atoms with van der Waals surface area (Å²) in [5, 5.41) is 5.92. The molecule has 0 saturated carbocycles. The van der Waals surface area contributed by atoms with Crippen molar-refractivity contribution in [1.29, 1.82) is 0 Å². The van der Waals surface area contributed by atoms with Gasteiger partial charge in [0.05, 0.1) is 17.9 Å². The highest BCUT2D eigenvalue weighted by Crippen LogP contribution is 2.18. The molecule has 0 aliphatic heterocycles. The summed E-state index contributed by atoms with van der Waals surface area (Å²) in [5.74, 6) is -0.453. The maximum atomic E-state index is 12.1. The summed E-state index contributed by atoms with van der Waals surface area (Å²) in [7, 11) is 0. The maximum Gasteiger partial charge on any atom is 0.340 e. The second-order valence-electron chi connectivity index (χ2n) is 5.12. The summed E-state index contributed by atoms with van der Waals surface area (Å²) in [6.07, 6.45) is 1.75. The van der Waals surface area contributed by atoms with E-state index >= 15 is 0 Å². The molecule has 126 valence electrons. The molecular formula is C18H19ClN2O3. The molecule has 0 spiro atoms. The van der Waals surface area contributed by atoms with Crippen LogP contribution in [0.2, 0.25) is 5.02 Å². The zero-order valence-electron chi connectivity index (χ0n) is 13.3. The summed E-state index contributed by atoms with van der Waals surface area (Å²) < 4.78 is 5.20. The van der Waals surface area contributed by atoms with E-state index in [0.717, 1.165) is 12.8 Å². The second kappa shape index (κ2) is 8.93. The molecular weight excluding hydrogens is 328 g/mol. The van der Waals surface area contributed by atoms with Crippen molar-refractivity contribution < 1.29 is 14.3 Å². The summed E-state index contributed by atoms with van der Waals surface area (Å²) in [5.41, 5.74) is 1.31. The number of rotatable bonds is 6. The predicted octanol–water partition coefficient (Wildman–Crippen LogP) is 4.94. The molecule has 24 heavy (non-hydrogen) atoms. The van der Waals surface area contributed by atoms with Crippen LogP contribution in [0.1, 0.15) is 30.1 Å². The number of carbonyl (C=O) groups excluding carboxylic acids is 2. The first kappa shape index (κ1) is 17.8. The zero-order valence-corrected chi connectivity index (χ0v) is 14.1. The van der Waals surface area contributed by atoms with Gasteiger partial charge in [-0.3, -0.25) is 0 Å². The lowest BCUT2D eigenvalue weighted by molar-refractivity contribution is 0.0501. The molecule has 0 aliphatic rings. The van der Waals surface area contributed by atoms with E-state index in [1.54, 1.807) is 48.5 Å². The fraction of sp³-hybridized carbons (Fsp3) is 0.222. The Kier molecular flexibility index (Phi) is 6.63.